The van der Waals surface area contributed by atoms with Gasteiger partial charge in [0.2, 0.25) is 0 Å². The molecule has 1 atom stereocenters. The summed E-state index contributed by atoms with van der Waals surface area (Å²) in [5.41, 5.74) is 0. The van der Waals surface area contributed by atoms with Crippen molar-refractivity contribution in [1.82, 2.24) is 20.2 Å². The predicted molar refractivity (Wildman–Crippen MR) is 81.6 cm³/mol. The Kier molecular flexibility index (Phi) is 4.23. The number of amides is 1. The Bertz CT molecular complexity index is 663. The average Bonchev–Trinajstić information content (AvgIpc) is 3.08. The fourth-order valence-corrected chi connectivity index (χ4v) is 3.54. The number of carbonyl (C=O) groups is 1. The highest BCUT2D eigenvalue weighted by atomic mass is 35.5. The molecule has 6 nitrogen and oxygen atoms in total. The first kappa shape index (κ1) is 14.5. The maximum absolute atomic E-state index is 11.2. The van der Waals surface area contributed by atoms with E-state index in [4.69, 9.17) is 11.6 Å². The molecule has 0 radical (unpaired) electrons. The molecule has 0 spiro atoms. The molecule has 2 aromatic rings. The van der Waals surface area contributed by atoms with Crippen LogP contribution in [0, 0.1) is 0 Å². The van der Waals surface area contributed by atoms with Crippen molar-refractivity contribution >= 4 is 39.2 Å². The van der Waals surface area contributed by atoms with Gasteiger partial charge in [0.25, 0.3) is 0 Å². The Hall–Kier alpha value is -1.44. The largest absolute Gasteiger partial charge is 0.453 e. The van der Waals surface area contributed by atoms with Gasteiger partial charge in [0.05, 0.1) is 13.7 Å². The molecule has 1 aliphatic heterocycles. The number of nitrogens with one attached hydrogen (secondary N) is 1. The van der Waals surface area contributed by atoms with Gasteiger partial charge in [0.1, 0.15) is 15.8 Å². The lowest BCUT2D eigenvalue weighted by Gasteiger charge is -2.15. The van der Waals surface area contributed by atoms with Crippen LogP contribution in [0.1, 0.15) is 12.2 Å². The van der Waals surface area contributed by atoms with Crippen molar-refractivity contribution in [2.45, 2.75) is 19.0 Å². The van der Waals surface area contributed by atoms with Gasteiger partial charge in [-0.1, -0.05) is 11.6 Å². The molecule has 1 aliphatic rings. The van der Waals surface area contributed by atoms with Gasteiger partial charge in [0, 0.05) is 24.5 Å². The Morgan fingerprint density at radius 1 is 1.62 bits per heavy atom. The summed E-state index contributed by atoms with van der Waals surface area (Å²) in [4.78, 5) is 23.2. The third kappa shape index (κ3) is 3.25. The number of rotatable bonds is 3. The molecule has 112 valence electrons. The molecule has 1 saturated heterocycles. The van der Waals surface area contributed by atoms with Gasteiger partial charge < -0.3 is 10.1 Å². The summed E-state index contributed by atoms with van der Waals surface area (Å²) < 4.78 is 4.61. The third-order valence-electron chi connectivity index (χ3n) is 3.47. The number of aromatic nitrogens is 2. The first-order chi connectivity index (χ1) is 10.2. The van der Waals surface area contributed by atoms with Crippen molar-refractivity contribution in [3.63, 3.8) is 0 Å². The lowest BCUT2D eigenvalue weighted by molar-refractivity contribution is 0.166. The molecule has 0 bridgehead atoms. The van der Waals surface area contributed by atoms with Crippen LogP contribution in [-0.4, -0.2) is 47.2 Å². The highest BCUT2D eigenvalue weighted by Gasteiger charge is 2.25. The molecule has 8 heteroatoms. The number of hydrogen-bond donors (Lipinski definition) is 1. The van der Waals surface area contributed by atoms with Crippen molar-refractivity contribution < 1.29 is 9.53 Å². The standard InChI is InChI=1S/C13H15ClN4O2S/c1-20-13(19)15-8-2-4-18(6-8)7-10-16-11(14)9-3-5-21-12(9)17-10/h3,5,8H,2,4,6-7H2,1H3,(H,15,19). The topological polar surface area (TPSA) is 67.3 Å². The second-order valence-corrected chi connectivity index (χ2v) is 6.18. The SMILES string of the molecule is COC(=O)NC1CCN(Cc2nc(Cl)c3ccsc3n2)C1. The number of thiophene rings is 1. The van der Waals surface area contributed by atoms with E-state index in [9.17, 15) is 4.79 Å². The average molecular weight is 327 g/mol. The minimum atomic E-state index is -0.388. The lowest BCUT2D eigenvalue weighted by Crippen LogP contribution is -2.36. The van der Waals surface area contributed by atoms with E-state index in [0.29, 0.717) is 17.5 Å². The fourth-order valence-electron chi connectivity index (χ4n) is 2.45. The molecule has 21 heavy (non-hydrogen) atoms. The highest BCUT2D eigenvalue weighted by molar-refractivity contribution is 7.16. The van der Waals surface area contributed by atoms with E-state index in [1.54, 1.807) is 11.3 Å². The Morgan fingerprint density at radius 3 is 3.29 bits per heavy atom. The van der Waals surface area contributed by atoms with Gasteiger partial charge in [-0.2, -0.15) is 0 Å². The molecule has 0 aromatic carbocycles. The van der Waals surface area contributed by atoms with Crippen molar-refractivity contribution in [3.8, 4) is 0 Å². The third-order valence-corrected chi connectivity index (χ3v) is 4.56. The summed E-state index contributed by atoms with van der Waals surface area (Å²) in [5.74, 6) is 0.716. The summed E-state index contributed by atoms with van der Waals surface area (Å²) in [5, 5.41) is 6.17. The fraction of sp³-hybridized carbons (Fsp3) is 0.462. The molecular formula is C13H15ClN4O2S. The molecule has 1 unspecified atom stereocenters. The quantitative estimate of drug-likeness (QED) is 0.876. The minimum Gasteiger partial charge on any atom is -0.453 e. The molecule has 3 heterocycles. The van der Waals surface area contributed by atoms with Crippen molar-refractivity contribution in [2.75, 3.05) is 20.2 Å². The van der Waals surface area contributed by atoms with Crippen LogP contribution in [-0.2, 0) is 11.3 Å². The van der Waals surface area contributed by atoms with Crippen LogP contribution >= 0.6 is 22.9 Å². The van der Waals surface area contributed by atoms with Crippen LogP contribution in [0.5, 0.6) is 0 Å². The van der Waals surface area contributed by atoms with Gasteiger partial charge in [-0.25, -0.2) is 14.8 Å². The van der Waals surface area contributed by atoms with Gasteiger partial charge in [-0.15, -0.1) is 11.3 Å². The van der Waals surface area contributed by atoms with E-state index < -0.39 is 0 Å². The second kappa shape index (κ2) is 6.13. The number of methoxy groups -OCH3 is 1. The van der Waals surface area contributed by atoms with E-state index in [-0.39, 0.29) is 12.1 Å². The Morgan fingerprint density at radius 2 is 2.48 bits per heavy atom. The molecule has 0 aliphatic carbocycles. The number of ether oxygens (including phenoxy) is 1. The van der Waals surface area contributed by atoms with E-state index in [0.717, 1.165) is 29.7 Å². The number of alkyl carbamates (subject to hydrolysis) is 1. The molecular weight excluding hydrogens is 312 g/mol. The van der Waals surface area contributed by atoms with Crippen LogP contribution in [0.25, 0.3) is 10.2 Å². The number of hydrogen-bond acceptors (Lipinski definition) is 6. The predicted octanol–water partition coefficient (Wildman–Crippen LogP) is 2.28. The Labute approximate surface area is 131 Å². The summed E-state index contributed by atoms with van der Waals surface area (Å²) in [6.45, 7) is 2.28. The molecule has 1 N–H and O–H groups in total. The van der Waals surface area contributed by atoms with Gasteiger partial charge in [-0.3, -0.25) is 4.90 Å². The molecule has 1 amide bonds. The van der Waals surface area contributed by atoms with Crippen LogP contribution in [0.4, 0.5) is 4.79 Å². The first-order valence-electron chi connectivity index (χ1n) is 6.62. The van der Waals surface area contributed by atoms with Crippen LogP contribution in [0.3, 0.4) is 0 Å². The van der Waals surface area contributed by atoms with E-state index in [1.807, 2.05) is 11.4 Å². The van der Waals surface area contributed by atoms with Crippen LogP contribution in [0.15, 0.2) is 11.4 Å². The minimum absolute atomic E-state index is 0.110. The molecule has 0 saturated carbocycles. The van der Waals surface area contributed by atoms with Crippen molar-refractivity contribution in [1.29, 1.82) is 0 Å². The highest BCUT2D eigenvalue weighted by Crippen LogP contribution is 2.25. The number of likely N-dealkylation sites (tertiary alicyclic amines) is 1. The zero-order valence-electron chi connectivity index (χ0n) is 11.5. The van der Waals surface area contributed by atoms with Crippen molar-refractivity contribution in [3.05, 3.63) is 22.4 Å². The Balaban J connectivity index is 1.65. The number of carbonyl (C=O) groups excluding carboxylic acids is 1. The summed E-state index contributed by atoms with van der Waals surface area (Å²) in [6, 6.07) is 2.04. The van der Waals surface area contributed by atoms with E-state index >= 15 is 0 Å². The molecule has 3 rings (SSSR count). The number of nitrogens with zero attached hydrogens (tertiary/aromatic N) is 3. The summed E-state index contributed by atoms with van der Waals surface area (Å²) >= 11 is 7.73. The van der Waals surface area contributed by atoms with Gasteiger partial charge >= 0.3 is 6.09 Å². The van der Waals surface area contributed by atoms with Crippen molar-refractivity contribution in [2.24, 2.45) is 0 Å². The zero-order chi connectivity index (χ0) is 14.8. The first-order valence-corrected chi connectivity index (χ1v) is 7.88. The maximum Gasteiger partial charge on any atom is 0.407 e. The number of halogens is 1. The molecule has 1 fully saturated rings. The smallest absolute Gasteiger partial charge is 0.407 e. The van der Waals surface area contributed by atoms with Gasteiger partial charge in [-0.05, 0) is 17.9 Å². The summed E-state index contributed by atoms with van der Waals surface area (Å²) in [7, 11) is 1.37. The zero-order valence-corrected chi connectivity index (χ0v) is 13.1. The van der Waals surface area contributed by atoms with Crippen LogP contribution < -0.4 is 5.32 Å². The van der Waals surface area contributed by atoms with Crippen LogP contribution in [0.2, 0.25) is 5.15 Å². The normalized spacial score (nSPS) is 19.0. The van der Waals surface area contributed by atoms with E-state index in [2.05, 4.69) is 24.9 Å². The maximum atomic E-state index is 11.2. The van der Waals surface area contributed by atoms with E-state index in [1.165, 1.54) is 7.11 Å². The number of fused-ring (bicyclic) bond motifs is 1. The van der Waals surface area contributed by atoms with Gasteiger partial charge in [0.15, 0.2) is 0 Å². The monoisotopic (exact) mass is 326 g/mol. The second-order valence-electron chi connectivity index (χ2n) is 4.93. The molecule has 2 aromatic heterocycles. The summed E-state index contributed by atoms with van der Waals surface area (Å²) in [6.07, 6.45) is 0.505. The lowest BCUT2D eigenvalue weighted by atomic mass is 10.3.